The summed E-state index contributed by atoms with van der Waals surface area (Å²) >= 11 is 0. The first-order valence-electron chi connectivity index (χ1n) is 7.01. The number of nitrogens with zero attached hydrogens (tertiary/aromatic N) is 1. The van der Waals surface area contributed by atoms with Crippen LogP contribution in [0.1, 0.15) is 46.0 Å². The molecule has 16 heavy (non-hydrogen) atoms. The van der Waals surface area contributed by atoms with Crippen LogP contribution in [0.5, 0.6) is 0 Å². The van der Waals surface area contributed by atoms with Crippen molar-refractivity contribution < 1.29 is 0 Å². The molecule has 1 aliphatic carbocycles. The average molecular weight is 224 g/mol. The SMILES string of the molecule is CC1(C)CCC(CN2CCC(CN)C2)CC1. The molecular weight excluding hydrogens is 196 g/mol. The van der Waals surface area contributed by atoms with Crippen LogP contribution in [-0.2, 0) is 0 Å². The molecule has 0 radical (unpaired) electrons. The van der Waals surface area contributed by atoms with Crippen LogP contribution < -0.4 is 5.73 Å². The van der Waals surface area contributed by atoms with Gasteiger partial charge in [-0.1, -0.05) is 13.8 Å². The van der Waals surface area contributed by atoms with E-state index in [0.29, 0.717) is 5.41 Å². The van der Waals surface area contributed by atoms with E-state index in [4.69, 9.17) is 5.73 Å². The zero-order chi connectivity index (χ0) is 11.6. The lowest BCUT2D eigenvalue weighted by atomic mass is 9.73. The number of nitrogens with two attached hydrogens (primary N) is 1. The van der Waals surface area contributed by atoms with Gasteiger partial charge in [-0.05, 0) is 62.4 Å². The molecule has 0 aromatic rings. The van der Waals surface area contributed by atoms with Gasteiger partial charge < -0.3 is 10.6 Å². The van der Waals surface area contributed by atoms with Crippen LogP contribution in [0, 0.1) is 17.3 Å². The Morgan fingerprint density at radius 1 is 1.12 bits per heavy atom. The van der Waals surface area contributed by atoms with Crippen molar-refractivity contribution in [3.05, 3.63) is 0 Å². The largest absolute Gasteiger partial charge is 0.330 e. The molecule has 0 aromatic heterocycles. The highest BCUT2D eigenvalue weighted by Gasteiger charge is 2.29. The molecule has 0 bridgehead atoms. The van der Waals surface area contributed by atoms with E-state index < -0.39 is 0 Å². The van der Waals surface area contributed by atoms with E-state index in [0.717, 1.165) is 18.4 Å². The Bertz CT molecular complexity index is 215. The fourth-order valence-corrected chi connectivity index (χ4v) is 3.28. The number of rotatable bonds is 3. The Hall–Kier alpha value is -0.0800. The average Bonchev–Trinajstić information content (AvgIpc) is 2.69. The number of hydrogen-bond donors (Lipinski definition) is 1. The predicted octanol–water partition coefficient (Wildman–Crippen LogP) is 2.48. The Labute approximate surface area is 101 Å². The van der Waals surface area contributed by atoms with Crippen LogP contribution in [0.3, 0.4) is 0 Å². The molecule has 2 rings (SSSR count). The van der Waals surface area contributed by atoms with Gasteiger partial charge in [-0.25, -0.2) is 0 Å². The van der Waals surface area contributed by atoms with Crippen molar-refractivity contribution in [2.24, 2.45) is 23.0 Å². The normalized spacial score (nSPS) is 32.1. The van der Waals surface area contributed by atoms with Gasteiger partial charge in [-0.15, -0.1) is 0 Å². The van der Waals surface area contributed by atoms with Crippen molar-refractivity contribution in [1.82, 2.24) is 4.90 Å². The summed E-state index contributed by atoms with van der Waals surface area (Å²) in [6.45, 7) is 9.62. The smallest absolute Gasteiger partial charge is 0.00223 e. The Balaban J connectivity index is 1.71. The minimum absolute atomic E-state index is 0.612. The van der Waals surface area contributed by atoms with E-state index in [2.05, 4.69) is 18.7 Å². The standard InChI is InChI=1S/C14H28N2/c1-14(2)6-3-12(4-7-14)10-16-8-5-13(9-15)11-16/h12-13H,3-11,15H2,1-2H3. The molecular formula is C14H28N2. The van der Waals surface area contributed by atoms with Crippen LogP contribution in [-0.4, -0.2) is 31.1 Å². The third-order valence-electron chi connectivity index (χ3n) is 4.68. The highest BCUT2D eigenvalue weighted by Crippen LogP contribution is 2.38. The van der Waals surface area contributed by atoms with Crippen molar-refractivity contribution in [2.75, 3.05) is 26.2 Å². The van der Waals surface area contributed by atoms with Gasteiger partial charge >= 0.3 is 0 Å². The molecule has 2 fully saturated rings. The summed E-state index contributed by atoms with van der Waals surface area (Å²) in [7, 11) is 0. The molecule has 2 aliphatic rings. The molecule has 1 saturated heterocycles. The van der Waals surface area contributed by atoms with Gasteiger partial charge in [0.2, 0.25) is 0 Å². The minimum atomic E-state index is 0.612. The van der Waals surface area contributed by atoms with Crippen molar-refractivity contribution >= 4 is 0 Å². The topological polar surface area (TPSA) is 29.3 Å². The van der Waals surface area contributed by atoms with Gasteiger partial charge in [0.1, 0.15) is 0 Å². The second-order valence-electron chi connectivity index (χ2n) is 6.76. The monoisotopic (exact) mass is 224 g/mol. The first-order valence-corrected chi connectivity index (χ1v) is 7.01. The zero-order valence-corrected chi connectivity index (χ0v) is 11.0. The van der Waals surface area contributed by atoms with Gasteiger partial charge in [0.05, 0.1) is 0 Å². The molecule has 1 unspecified atom stereocenters. The lowest BCUT2D eigenvalue weighted by molar-refractivity contribution is 0.154. The van der Waals surface area contributed by atoms with Crippen molar-refractivity contribution in [3.8, 4) is 0 Å². The van der Waals surface area contributed by atoms with Gasteiger partial charge in [0.15, 0.2) is 0 Å². The molecule has 0 amide bonds. The van der Waals surface area contributed by atoms with Crippen molar-refractivity contribution in [3.63, 3.8) is 0 Å². The van der Waals surface area contributed by atoms with E-state index in [1.165, 1.54) is 51.7 Å². The van der Waals surface area contributed by atoms with Crippen LogP contribution in [0.4, 0.5) is 0 Å². The molecule has 1 atom stereocenters. The molecule has 94 valence electrons. The quantitative estimate of drug-likeness (QED) is 0.798. The van der Waals surface area contributed by atoms with Crippen LogP contribution >= 0.6 is 0 Å². The van der Waals surface area contributed by atoms with Crippen molar-refractivity contribution in [1.29, 1.82) is 0 Å². The summed E-state index contributed by atoms with van der Waals surface area (Å²) in [6, 6.07) is 0. The molecule has 1 saturated carbocycles. The lowest BCUT2D eigenvalue weighted by Crippen LogP contribution is -2.32. The summed E-state index contributed by atoms with van der Waals surface area (Å²) in [4.78, 5) is 2.65. The maximum absolute atomic E-state index is 5.74. The molecule has 2 N–H and O–H groups in total. The molecule has 1 aliphatic heterocycles. The van der Waals surface area contributed by atoms with E-state index in [-0.39, 0.29) is 0 Å². The number of hydrogen-bond acceptors (Lipinski definition) is 2. The molecule has 0 spiro atoms. The first kappa shape index (κ1) is 12.4. The molecule has 1 heterocycles. The summed E-state index contributed by atoms with van der Waals surface area (Å²) < 4.78 is 0. The van der Waals surface area contributed by atoms with Crippen LogP contribution in [0.2, 0.25) is 0 Å². The van der Waals surface area contributed by atoms with Gasteiger partial charge in [0.25, 0.3) is 0 Å². The summed E-state index contributed by atoms with van der Waals surface area (Å²) in [5, 5.41) is 0. The summed E-state index contributed by atoms with van der Waals surface area (Å²) in [5.41, 5.74) is 6.35. The van der Waals surface area contributed by atoms with E-state index in [1.807, 2.05) is 0 Å². The second-order valence-corrected chi connectivity index (χ2v) is 6.76. The zero-order valence-electron chi connectivity index (χ0n) is 11.0. The molecule has 2 heteroatoms. The fourth-order valence-electron chi connectivity index (χ4n) is 3.28. The maximum Gasteiger partial charge on any atom is 0.00223 e. The summed E-state index contributed by atoms with van der Waals surface area (Å²) in [6.07, 6.45) is 7.06. The third kappa shape index (κ3) is 3.21. The van der Waals surface area contributed by atoms with E-state index in [1.54, 1.807) is 0 Å². The van der Waals surface area contributed by atoms with E-state index in [9.17, 15) is 0 Å². The maximum atomic E-state index is 5.74. The van der Waals surface area contributed by atoms with Crippen LogP contribution in [0.25, 0.3) is 0 Å². The van der Waals surface area contributed by atoms with Gasteiger partial charge in [-0.3, -0.25) is 0 Å². The number of likely N-dealkylation sites (tertiary alicyclic amines) is 1. The highest BCUT2D eigenvalue weighted by molar-refractivity contribution is 4.83. The third-order valence-corrected chi connectivity index (χ3v) is 4.68. The second kappa shape index (κ2) is 5.05. The molecule has 2 nitrogen and oxygen atoms in total. The van der Waals surface area contributed by atoms with Gasteiger partial charge in [0, 0.05) is 13.1 Å². The van der Waals surface area contributed by atoms with Crippen molar-refractivity contribution in [2.45, 2.75) is 46.0 Å². The first-order chi connectivity index (χ1) is 7.59. The van der Waals surface area contributed by atoms with Crippen LogP contribution in [0.15, 0.2) is 0 Å². The van der Waals surface area contributed by atoms with E-state index >= 15 is 0 Å². The fraction of sp³-hybridized carbons (Fsp3) is 1.00. The Morgan fingerprint density at radius 3 is 2.38 bits per heavy atom. The highest BCUT2D eigenvalue weighted by atomic mass is 15.1. The lowest BCUT2D eigenvalue weighted by Gasteiger charge is -2.36. The van der Waals surface area contributed by atoms with Gasteiger partial charge in [-0.2, -0.15) is 0 Å². The predicted molar refractivity (Wildman–Crippen MR) is 69.3 cm³/mol. The Kier molecular flexibility index (Phi) is 3.91. The Morgan fingerprint density at radius 2 is 1.81 bits per heavy atom. The minimum Gasteiger partial charge on any atom is -0.330 e. The summed E-state index contributed by atoms with van der Waals surface area (Å²) in [5.74, 6) is 1.74. The molecule has 0 aromatic carbocycles.